The molecule has 1 N–H and O–H groups in total. The predicted octanol–water partition coefficient (Wildman–Crippen LogP) is 3.02. The van der Waals surface area contributed by atoms with Gasteiger partial charge in [-0.15, -0.1) is 21.5 Å². The minimum absolute atomic E-state index is 0.0429. The highest BCUT2D eigenvalue weighted by atomic mass is 32.2. The second-order valence-electron chi connectivity index (χ2n) is 6.10. The number of aromatic nitrogens is 6. The fourth-order valence-corrected chi connectivity index (χ4v) is 4.31. The van der Waals surface area contributed by atoms with E-state index < -0.39 is 0 Å². The monoisotopic (exact) mass is 425 g/mol. The lowest BCUT2D eigenvalue weighted by molar-refractivity contribution is -0.118. The number of nitrogens with one attached hydrogen (secondary N) is 1. The molecule has 0 aliphatic rings. The van der Waals surface area contributed by atoms with E-state index >= 15 is 0 Å². The zero-order valence-corrected chi connectivity index (χ0v) is 17.4. The number of benzene rings is 1. The van der Waals surface area contributed by atoms with Crippen molar-refractivity contribution in [2.24, 2.45) is 0 Å². The number of thiophene rings is 1. The smallest absolute Gasteiger partial charge is 0.230 e. The topological polar surface area (TPSA) is 90.5 Å². The van der Waals surface area contributed by atoms with Crippen molar-refractivity contribution in [3.63, 3.8) is 0 Å². The van der Waals surface area contributed by atoms with Crippen LogP contribution in [0, 0.1) is 0 Å². The van der Waals surface area contributed by atoms with E-state index in [-0.39, 0.29) is 5.91 Å². The van der Waals surface area contributed by atoms with Gasteiger partial charge in [0, 0.05) is 13.1 Å². The van der Waals surface area contributed by atoms with Crippen LogP contribution in [0.4, 0.5) is 0 Å². The number of rotatable bonds is 8. The summed E-state index contributed by atoms with van der Waals surface area (Å²) in [6.07, 6.45) is 3.14. The highest BCUT2D eigenvalue weighted by Gasteiger charge is 2.15. The maximum absolute atomic E-state index is 12.3. The minimum Gasteiger partial charge on any atom is -0.351 e. The third-order valence-electron chi connectivity index (χ3n) is 4.22. The van der Waals surface area contributed by atoms with Crippen LogP contribution in [0.1, 0.15) is 12.5 Å². The van der Waals surface area contributed by atoms with Crippen molar-refractivity contribution < 1.29 is 4.79 Å². The summed E-state index contributed by atoms with van der Waals surface area (Å²) in [5.74, 6) is 1.09. The molecule has 0 bridgehead atoms. The molecule has 0 aliphatic heterocycles. The molecule has 0 aliphatic carbocycles. The Morgan fingerprint density at radius 2 is 2.07 bits per heavy atom. The fraction of sp³-hybridized carbons (Fsp3) is 0.211. The third kappa shape index (κ3) is 4.54. The summed E-state index contributed by atoms with van der Waals surface area (Å²) in [4.78, 5) is 17.3. The molecule has 1 amide bonds. The van der Waals surface area contributed by atoms with Crippen LogP contribution in [0.3, 0.4) is 0 Å². The van der Waals surface area contributed by atoms with Crippen LogP contribution in [0.25, 0.3) is 16.4 Å². The predicted molar refractivity (Wildman–Crippen MR) is 113 cm³/mol. The highest BCUT2D eigenvalue weighted by Crippen LogP contribution is 2.27. The Bertz CT molecular complexity index is 1060. The van der Waals surface area contributed by atoms with E-state index in [0.29, 0.717) is 12.3 Å². The molecule has 3 aromatic heterocycles. The molecule has 148 valence electrons. The van der Waals surface area contributed by atoms with E-state index in [2.05, 4.69) is 25.6 Å². The molecule has 0 radical (unpaired) electrons. The molecule has 0 spiro atoms. The molecule has 1 aromatic carbocycles. The van der Waals surface area contributed by atoms with Gasteiger partial charge in [0.25, 0.3) is 0 Å². The number of nitrogens with zero attached hydrogens (tertiary/aromatic N) is 6. The first-order chi connectivity index (χ1) is 14.2. The molecule has 4 aromatic rings. The summed E-state index contributed by atoms with van der Waals surface area (Å²) in [5, 5.41) is 18.4. The van der Waals surface area contributed by atoms with Crippen molar-refractivity contribution in [1.82, 2.24) is 34.8 Å². The molecule has 8 nitrogen and oxygen atoms in total. The van der Waals surface area contributed by atoms with Crippen LogP contribution in [0.15, 0.2) is 59.6 Å². The van der Waals surface area contributed by atoms with Gasteiger partial charge in [-0.2, -0.15) is 5.10 Å². The first kappa shape index (κ1) is 19.3. The van der Waals surface area contributed by atoms with E-state index in [4.69, 9.17) is 0 Å². The average Bonchev–Trinajstić information content (AvgIpc) is 3.52. The molecule has 0 saturated heterocycles. The normalized spacial score (nSPS) is 10.9. The Morgan fingerprint density at radius 1 is 1.21 bits per heavy atom. The molecule has 0 fully saturated rings. The lowest BCUT2D eigenvalue weighted by Crippen LogP contribution is -2.24. The summed E-state index contributed by atoms with van der Waals surface area (Å²) in [7, 11) is 0. The van der Waals surface area contributed by atoms with Crippen molar-refractivity contribution >= 4 is 29.0 Å². The molecule has 0 saturated carbocycles. The van der Waals surface area contributed by atoms with Gasteiger partial charge in [-0.3, -0.25) is 4.79 Å². The summed E-state index contributed by atoms with van der Waals surface area (Å²) < 4.78 is 3.72. The van der Waals surface area contributed by atoms with Crippen molar-refractivity contribution in [2.75, 3.05) is 5.75 Å². The molecular weight excluding hydrogens is 406 g/mol. The number of carbonyl (C=O) groups excluding carboxylic acids is 1. The summed E-state index contributed by atoms with van der Waals surface area (Å²) in [5.41, 5.74) is 1.94. The Kier molecular flexibility index (Phi) is 6.01. The van der Waals surface area contributed by atoms with Crippen LogP contribution < -0.4 is 5.32 Å². The van der Waals surface area contributed by atoms with Crippen LogP contribution >= 0.6 is 23.1 Å². The first-order valence-electron chi connectivity index (χ1n) is 9.05. The van der Waals surface area contributed by atoms with Gasteiger partial charge in [-0.1, -0.05) is 30.0 Å². The van der Waals surface area contributed by atoms with E-state index in [1.807, 2.05) is 53.3 Å². The minimum atomic E-state index is -0.0429. The molecular formula is C19H19N7OS2. The Labute approximate surface area is 176 Å². The van der Waals surface area contributed by atoms with Gasteiger partial charge in [0.1, 0.15) is 12.7 Å². The average molecular weight is 426 g/mol. The van der Waals surface area contributed by atoms with E-state index in [9.17, 15) is 4.79 Å². The van der Waals surface area contributed by atoms with Gasteiger partial charge in [-0.25, -0.2) is 9.67 Å². The molecule has 29 heavy (non-hydrogen) atoms. The Hall–Kier alpha value is -2.98. The Morgan fingerprint density at radius 3 is 2.76 bits per heavy atom. The third-order valence-corrected chi connectivity index (χ3v) is 6.05. The quantitative estimate of drug-likeness (QED) is 0.437. The van der Waals surface area contributed by atoms with Crippen LogP contribution in [0.5, 0.6) is 0 Å². The van der Waals surface area contributed by atoms with E-state index in [0.717, 1.165) is 33.7 Å². The van der Waals surface area contributed by atoms with Gasteiger partial charge in [0.2, 0.25) is 5.91 Å². The SMILES string of the molecule is CCn1c(SCC(=O)NCc2ccc(-n3cncn3)cc2)nnc1-c1cccs1. The van der Waals surface area contributed by atoms with E-state index in [1.54, 1.807) is 22.3 Å². The Balaban J connectivity index is 1.30. The molecule has 10 heteroatoms. The number of amides is 1. The van der Waals surface area contributed by atoms with Gasteiger partial charge in [0.15, 0.2) is 11.0 Å². The van der Waals surface area contributed by atoms with Gasteiger partial charge in [0.05, 0.1) is 16.3 Å². The second-order valence-corrected chi connectivity index (χ2v) is 7.99. The molecule has 3 heterocycles. The standard InChI is InChI=1S/C19H19N7OS2/c1-2-25-18(16-4-3-9-28-16)23-24-19(25)29-11-17(27)21-10-14-5-7-15(8-6-14)26-13-20-12-22-26/h3-9,12-13H,2,10-11H2,1H3,(H,21,27). The zero-order chi connectivity index (χ0) is 20.1. The molecule has 0 atom stereocenters. The number of carbonyl (C=O) groups is 1. The largest absolute Gasteiger partial charge is 0.351 e. The van der Waals surface area contributed by atoms with Gasteiger partial charge in [-0.05, 0) is 36.1 Å². The lowest BCUT2D eigenvalue weighted by Gasteiger charge is -2.08. The van der Waals surface area contributed by atoms with Crippen molar-refractivity contribution in [2.45, 2.75) is 25.2 Å². The van der Waals surface area contributed by atoms with Crippen molar-refractivity contribution in [3.8, 4) is 16.4 Å². The zero-order valence-electron chi connectivity index (χ0n) is 15.7. The maximum Gasteiger partial charge on any atom is 0.230 e. The molecule has 0 unspecified atom stereocenters. The number of thioether (sulfide) groups is 1. The maximum atomic E-state index is 12.3. The number of hydrogen-bond acceptors (Lipinski definition) is 7. The lowest BCUT2D eigenvalue weighted by atomic mass is 10.2. The van der Waals surface area contributed by atoms with Crippen LogP contribution in [-0.2, 0) is 17.9 Å². The van der Waals surface area contributed by atoms with Gasteiger partial charge >= 0.3 is 0 Å². The van der Waals surface area contributed by atoms with Gasteiger partial charge < -0.3 is 9.88 Å². The molecule has 4 rings (SSSR count). The van der Waals surface area contributed by atoms with Crippen molar-refractivity contribution in [3.05, 3.63) is 60.0 Å². The summed E-state index contributed by atoms with van der Waals surface area (Å²) >= 11 is 3.03. The summed E-state index contributed by atoms with van der Waals surface area (Å²) in [6, 6.07) is 11.8. The number of hydrogen-bond donors (Lipinski definition) is 1. The van der Waals surface area contributed by atoms with Crippen LogP contribution in [-0.4, -0.2) is 41.2 Å². The summed E-state index contributed by atoms with van der Waals surface area (Å²) in [6.45, 7) is 3.27. The fourth-order valence-electron chi connectivity index (χ4n) is 2.76. The van der Waals surface area contributed by atoms with Crippen molar-refractivity contribution in [1.29, 1.82) is 0 Å². The first-order valence-corrected chi connectivity index (χ1v) is 10.9. The highest BCUT2D eigenvalue weighted by molar-refractivity contribution is 7.99. The van der Waals surface area contributed by atoms with E-state index in [1.165, 1.54) is 18.1 Å². The second kappa shape index (κ2) is 9.01. The van der Waals surface area contributed by atoms with Crippen LogP contribution in [0.2, 0.25) is 0 Å².